The summed E-state index contributed by atoms with van der Waals surface area (Å²) in [6, 6.07) is 20.6. The molecule has 0 radical (unpaired) electrons. The van der Waals surface area contributed by atoms with Crippen molar-refractivity contribution in [2.24, 2.45) is 0 Å². The van der Waals surface area contributed by atoms with Crippen LogP contribution in [0.2, 0.25) is 0 Å². The van der Waals surface area contributed by atoms with Crippen LogP contribution in [0.5, 0.6) is 0 Å². The van der Waals surface area contributed by atoms with E-state index >= 15 is 0 Å². The van der Waals surface area contributed by atoms with E-state index in [1.807, 2.05) is 64.3 Å². The lowest BCUT2D eigenvalue weighted by Crippen LogP contribution is -2.48. The zero-order valence-electron chi connectivity index (χ0n) is 25.9. The van der Waals surface area contributed by atoms with Crippen LogP contribution in [0.25, 0.3) is 0 Å². The third-order valence-electron chi connectivity index (χ3n) is 8.33. The van der Waals surface area contributed by atoms with Gasteiger partial charge in [-0.2, -0.15) is 4.98 Å². The molecule has 0 saturated carbocycles. The van der Waals surface area contributed by atoms with Crippen LogP contribution in [-0.2, 0) is 22.5 Å². The SMILES string of the molecule is CCOC(=O)C1=C(C)Nc2c(c(N3CCN(CCc4ccccc4)CC3)nc(=O)n2CCCN(C)C)C1c1ccccc1. The zero-order chi connectivity index (χ0) is 30.3. The predicted molar refractivity (Wildman–Crippen MR) is 172 cm³/mol. The molecule has 9 heteroatoms. The van der Waals surface area contributed by atoms with Gasteiger partial charge in [0.05, 0.1) is 18.1 Å². The van der Waals surface area contributed by atoms with Crippen LogP contribution in [0.15, 0.2) is 76.7 Å². The molecule has 9 nitrogen and oxygen atoms in total. The normalized spacial score (nSPS) is 17.1. The van der Waals surface area contributed by atoms with Gasteiger partial charge in [0.2, 0.25) is 0 Å². The van der Waals surface area contributed by atoms with Crippen molar-refractivity contribution < 1.29 is 9.53 Å². The van der Waals surface area contributed by atoms with Crippen LogP contribution in [0, 0.1) is 0 Å². The highest BCUT2D eigenvalue weighted by atomic mass is 16.5. The summed E-state index contributed by atoms with van der Waals surface area (Å²) in [6.45, 7) is 9.60. The van der Waals surface area contributed by atoms with Crippen LogP contribution < -0.4 is 15.9 Å². The largest absolute Gasteiger partial charge is 0.463 e. The van der Waals surface area contributed by atoms with E-state index in [4.69, 9.17) is 9.72 Å². The van der Waals surface area contributed by atoms with E-state index in [1.54, 1.807) is 4.57 Å². The highest BCUT2D eigenvalue weighted by Crippen LogP contribution is 2.45. The Morgan fingerprint density at radius 2 is 1.67 bits per heavy atom. The van der Waals surface area contributed by atoms with Crippen molar-refractivity contribution in [3.05, 3.63) is 99.1 Å². The lowest BCUT2D eigenvalue weighted by molar-refractivity contribution is -0.138. The minimum absolute atomic E-state index is 0.272. The van der Waals surface area contributed by atoms with Crippen molar-refractivity contribution in [1.82, 2.24) is 19.4 Å². The van der Waals surface area contributed by atoms with Gasteiger partial charge in [0.15, 0.2) is 0 Å². The van der Waals surface area contributed by atoms with E-state index in [2.05, 4.69) is 44.3 Å². The van der Waals surface area contributed by atoms with E-state index in [0.29, 0.717) is 23.6 Å². The molecular formula is C34H44N6O3. The fourth-order valence-electron chi connectivity index (χ4n) is 6.13. The summed E-state index contributed by atoms with van der Waals surface area (Å²) in [6.07, 6.45) is 1.80. The van der Waals surface area contributed by atoms with Crippen molar-refractivity contribution in [3.63, 3.8) is 0 Å². The van der Waals surface area contributed by atoms with Crippen molar-refractivity contribution in [3.8, 4) is 0 Å². The minimum atomic E-state index is -0.421. The highest BCUT2D eigenvalue weighted by Gasteiger charge is 2.39. The maximum atomic E-state index is 13.7. The van der Waals surface area contributed by atoms with Gasteiger partial charge in [0.25, 0.3) is 0 Å². The smallest absolute Gasteiger partial charge is 0.351 e. The molecule has 1 unspecified atom stereocenters. The number of benzene rings is 2. The fourth-order valence-corrected chi connectivity index (χ4v) is 6.13. The van der Waals surface area contributed by atoms with Crippen LogP contribution in [0.1, 0.15) is 42.9 Å². The van der Waals surface area contributed by atoms with Crippen molar-refractivity contribution in [2.75, 3.05) is 70.2 Å². The van der Waals surface area contributed by atoms with Crippen LogP contribution in [0.4, 0.5) is 11.6 Å². The Hall–Kier alpha value is -3.95. The Morgan fingerprint density at radius 1 is 1.00 bits per heavy atom. The number of nitrogens with zero attached hydrogens (tertiary/aromatic N) is 5. The van der Waals surface area contributed by atoms with Crippen molar-refractivity contribution >= 4 is 17.6 Å². The molecule has 1 saturated heterocycles. The number of allylic oxidation sites excluding steroid dienone is 1. The van der Waals surface area contributed by atoms with Gasteiger partial charge in [-0.25, -0.2) is 9.59 Å². The van der Waals surface area contributed by atoms with Crippen LogP contribution in [-0.4, -0.2) is 85.3 Å². The predicted octanol–water partition coefficient (Wildman–Crippen LogP) is 3.95. The molecule has 3 aromatic rings. The van der Waals surface area contributed by atoms with Crippen LogP contribution >= 0.6 is 0 Å². The Bertz CT molecular complexity index is 1480. The Kier molecular flexibility index (Phi) is 9.94. The number of esters is 1. The van der Waals surface area contributed by atoms with E-state index < -0.39 is 5.92 Å². The average Bonchev–Trinajstić information content (AvgIpc) is 3.01. The van der Waals surface area contributed by atoms with Gasteiger partial charge in [-0.15, -0.1) is 0 Å². The maximum Gasteiger partial charge on any atom is 0.351 e. The number of carbonyl (C=O) groups is 1. The van der Waals surface area contributed by atoms with E-state index in [0.717, 1.165) is 69.1 Å². The fraction of sp³-hybridized carbons (Fsp3) is 0.441. The summed E-state index contributed by atoms with van der Waals surface area (Å²) in [4.78, 5) is 38.7. The first kappa shape index (κ1) is 30.5. The molecule has 228 valence electrons. The molecule has 0 spiro atoms. The summed E-state index contributed by atoms with van der Waals surface area (Å²) in [7, 11) is 4.06. The number of aromatic nitrogens is 2. The molecule has 2 aliphatic rings. The quantitative estimate of drug-likeness (QED) is 0.340. The van der Waals surface area contributed by atoms with Gasteiger partial charge in [0, 0.05) is 50.5 Å². The van der Waals surface area contributed by atoms with Crippen molar-refractivity contribution in [2.45, 2.75) is 39.2 Å². The lowest BCUT2D eigenvalue weighted by Gasteiger charge is -2.39. The summed E-state index contributed by atoms with van der Waals surface area (Å²) in [5.74, 6) is 0.603. The summed E-state index contributed by atoms with van der Waals surface area (Å²) in [5, 5.41) is 3.47. The Morgan fingerprint density at radius 3 is 2.33 bits per heavy atom. The third-order valence-corrected chi connectivity index (χ3v) is 8.33. The number of hydrogen-bond donors (Lipinski definition) is 1. The molecule has 2 aromatic carbocycles. The number of fused-ring (bicyclic) bond motifs is 1. The molecule has 1 fully saturated rings. The number of nitrogens with one attached hydrogen (secondary N) is 1. The monoisotopic (exact) mass is 584 g/mol. The molecule has 0 bridgehead atoms. The van der Waals surface area contributed by atoms with E-state index in [1.165, 1.54) is 5.56 Å². The Labute approximate surface area is 254 Å². The maximum absolute atomic E-state index is 13.7. The number of piperazine rings is 1. The molecule has 0 aliphatic carbocycles. The first-order valence-electron chi connectivity index (χ1n) is 15.4. The second-order valence-electron chi connectivity index (χ2n) is 11.6. The topological polar surface area (TPSA) is 82.9 Å². The first-order valence-corrected chi connectivity index (χ1v) is 15.4. The third kappa shape index (κ3) is 7.00. The second kappa shape index (κ2) is 14.0. The molecule has 43 heavy (non-hydrogen) atoms. The lowest BCUT2D eigenvalue weighted by atomic mass is 9.81. The first-order chi connectivity index (χ1) is 20.9. The summed E-state index contributed by atoms with van der Waals surface area (Å²) >= 11 is 0. The van der Waals surface area contributed by atoms with Gasteiger partial charge in [-0.3, -0.25) is 9.47 Å². The molecule has 5 rings (SSSR count). The zero-order valence-corrected chi connectivity index (χ0v) is 25.9. The van der Waals surface area contributed by atoms with Gasteiger partial charge in [-0.05, 0) is 58.5 Å². The number of anilines is 2. The standard InChI is InChI=1S/C34H44N6O3/c1-5-43-33(41)28-25(2)35-32-30(29(28)27-15-10-7-11-16-27)31(36-34(42)40(32)19-12-18-37(3)4)39-23-21-38(22-24-39)20-17-26-13-8-6-9-14-26/h6-11,13-16,29,35H,5,12,17-24H2,1-4H3. The number of rotatable bonds is 11. The highest BCUT2D eigenvalue weighted by molar-refractivity contribution is 5.95. The number of carbonyl (C=O) groups excluding carboxylic acids is 1. The van der Waals surface area contributed by atoms with Gasteiger partial charge < -0.3 is 19.9 Å². The molecule has 3 heterocycles. The second-order valence-corrected chi connectivity index (χ2v) is 11.6. The molecular weight excluding hydrogens is 540 g/mol. The average molecular weight is 585 g/mol. The molecule has 2 aliphatic heterocycles. The summed E-state index contributed by atoms with van der Waals surface area (Å²) < 4.78 is 7.32. The van der Waals surface area contributed by atoms with Gasteiger partial charge in [0.1, 0.15) is 11.6 Å². The molecule has 0 amide bonds. The van der Waals surface area contributed by atoms with E-state index in [-0.39, 0.29) is 18.3 Å². The number of hydrogen-bond acceptors (Lipinski definition) is 8. The van der Waals surface area contributed by atoms with E-state index in [9.17, 15) is 9.59 Å². The molecule has 1 N–H and O–H groups in total. The van der Waals surface area contributed by atoms with Gasteiger partial charge in [-0.1, -0.05) is 60.7 Å². The number of ether oxygens (including phenoxy) is 1. The van der Waals surface area contributed by atoms with Crippen LogP contribution in [0.3, 0.4) is 0 Å². The van der Waals surface area contributed by atoms with Crippen molar-refractivity contribution in [1.29, 1.82) is 0 Å². The minimum Gasteiger partial charge on any atom is -0.463 e. The molecule has 1 atom stereocenters. The summed E-state index contributed by atoms with van der Waals surface area (Å²) in [5.41, 5.74) is 4.15. The molecule has 1 aromatic heterocycles. The van der Waals surface area contributed by atoms with Gasteiger partial charge >= 0.3 is 11.7 Å². The Balaban J connectivity index is 1.53.